The first-order valence-electron chi connectivity index (χ1n) is 5.45. The third kappa shape index (κ3) is 1.07. The Bertz CT molecular complexity index is 334. The van der Waals surface area contributed by atoms with Crippen LogP contribution in [0.25, 0.3) is 0 Å². The van der Waals surface area contributed by atoms with Gasteiger partial charge in [0.05, 0.1) is 0 Å². The maximum atomic E-state index is 3.52. The van der Waals surface area contributed by atoms with Gasteiger partial charge >= 0.3 is 0 Å². The Morgan fingerprint density at radius 2 is 2.07 bits per heavy atom. The van der Waals surface area contributed by atoms with E-state index in [9.17, 15) is 0 Å². The van der Waals surface area contributed by atoms with Crippen molar-refractivity contribution in [3.8, 4) is 0 Å². The van der Waals surface area contributed by atoms with Gasteiger partial charge in [0.1, 0.15) is 0 Å². The predicted molar refractivity (Wildman–Crippen MR) is 58.7 cm³/mol. The van der Waals surface area contributed by atoms with E-state index in [1.54, 1.807) is 0 Å². The molecule has 3 rings (SSSR count). The average molecular weight is 188 g/mol. The summed E-state index contributed by atoms with van der Waals surface area (Å²) in [5, 5.41) is 7.04. The first kappa shape index (κ1) is 8.30. The van der Waals surface area contributed by atoms with Crippen molar-refractivity contribution < 1.29 is 0 Å². The third-order valence-corrected chi connectivity index (χ3v) is 3.59. The van der Waals surface area contributed by atoms with Crippen molar-refractivity contribution in [2.75, 3.05) is 25.0 Å². The van der Waals surface area contributed by atoms with Crippen molar-refractivity contribution in [2.24, 2.45) is 0 Å². The van der Waals surface area contributed by atoms with Crippen molar-refractivity contribution >= 4 is 5.69 Å². The fourth-order valence-corrected chi connectivity index (χ4v) is 2.81. The molecular weight excluding hydrogens is 172 g/mol. The standard InChI is InChI=1S/C12H16N2/c1-2-5-11-10(4-1)12(9-14-11)6-3-7-13-8-12/h1-2,4-5,13-14H,3,6-9H2/t12-/m1/s1. The second kappa shape index (κ2) is 2.99. The summed E-state index contributed by atoms with van der Waals surface area (Å²) in [6.07, 6.45) is 2.63. The van der Waals surface area contributed by atoms with Crippen LogP contribution in [0.4, 0.5) is 5.69 Å². The molecule has 1 aromatic carbocycles. The van der Waals surface area contributed by atoms with Crippen molar-refractivity contribution in [1.29, 1.82) is 0 Å². The normalized spacial score (nSPS) is 30.0. The van der Waals surface area contributed by atoms with E-state index in [2.05, 4.69) is 34.9 Å². The molecule has 2 aliphatic rings. The number of fused-ring (bicyclic) bond motifs is 2. The summed E-state index contributed by atoms with van der Waals surface area (Å²) in [5.41, 5.74) is 3.25. The molecule has 2 N–H and O–H groups in total. The molecule has 0 unspecified atom stereocenters. The van der Waals surface area contributed by atoms with E-state index >= 15 is 0 Å². The highest BCUT2D eigenvalue weighted by atomic mass is 15.0. The molecule has 0 radical (unpaired) electrons. The first-order valence-corrected chi connectivity index (χ1v) is 5.45. The van der Waals surface area contributed by atoms with Crippen LogP contribution < -0.4 is 10.6 Å². The van der Waals surface area contributed by atoms with E-state index < -0.39 is 0 Å². The Kier molecular flexibility index (Phi) is 1.77. The minimum Gasteiger partial charge on any atom is -0.384 e. The number of para-hydroxylation sites is 1. The first-order chi connectivity index (χ1) is 6.91. The highest BCUT2D eigenvalue weighted by Crippen LogP contribution is 2.40. The molecule has 0 aromatic heterocycles. The van der Waals surface area contributed by atoms with Gasteiger partial charge in [0.25, 0.3) is 0 Å². The lowest BCUT2D eigenvalue weighted by molar-refractivity contribution is 0.339. The van der Waals surface area contributed by atoms with Crippen LogP contribution >= 0.6 is 0 Å². The second-order valence-electron chi connectivity index (χ2n) is 4.46. The van der Waals surface area contributed by atoms with Crippen LogP contribution in [0, 0.1) is 0 Å². The van der Waals surface area contributed by atoms with Crippen LogP contribution in [0.5, 0.6) is 0 Å². The van der Waals surface area contributed by atoms with Crippen molar-refractivity contribution in [3.05, 3.63) is 29.8 Å². The van der Waals surface area contributed by atoms with Crippen LogP contribution in [0.2, 0.25) is 0 Å². The fourth-order valence-electron chi connectivity index (χ4n) is 2.81. The molecule has 2 aliphatic heterocycles. The number of benzene rings is 1. The quantitative estimate of drug-likeness (QED) is 0.648. The monoisotopic (exact) mass is 188 g/mol. The Balaban J connectivity index is 2.03. The van der Waals surface area contributed by atoms with Gasteiger partial charge in [0, 0.05) is 24.2 Å². The topological polar surface area (TPSA) is 24.1 Å². The number of nitrogens with one attached hydrogen (secondary N) is 2. The summed E-state index contributed by atoms with van der Waals surface area (Å²) in [6.45, 7) is 3.43. The van der Waals surface area contributed by atoms with Crippen LogP contribution in [0.15, 0.2) is 24.3 Å². The molecule has 1 saturated heterocycles. The fraction of sp³-hybridized carbons (Fsp3) is 0.500. The van der Waals surface area contributed by atoms with E-state index in [1.807, 2.05) is 0 Å². The van der Waals surface area contributed by atoms with Gasteiger partial charge in [-0.25, -0.2) is 0 Å². The summed E-state index contributed by atoms with van der Waals surface area (Å²) in [6, 6.07) is 8.74. The van der Waals surface area contributed by atoms with Crippen LogP contribution in [0.1, 0.15) is 18.4 Å². The smallest absolute Gasteiger partial charge is 0.0379 e. The van der Waals surface area contributed by atoms with Crippen molar-refractivity contribution in [2.45, 2.75) is 18.3 Å². The predicted octanol–water partition coefficient (Wildman–Crippen LogP) is 1.73. The Morgan fingerprint density at radius 3 is 2.93 bits per heavy atom. The molecular formula is C12H16N2. The van der Waals surface area contributed by atoms with E-state index in [4.69, 9.17) is 0 Å². The summed E-state index contributed by atoms with van der Waals surface area (Å²) < 4.78 is 0. The molecule has 74 valence electrons. The number of rotatable bonds is 0. The van der Waals surface area contributed by atoms with Gasteiger partial charge in [-0.2, -0.15) is 0 Å². The molecule has 1 fully saturated rings. The van der Waals surface area contributed by atoms with Crippen LogP contribution in [-0.2, 0) is 5.41 Å². The number of anilines is 1. The lowest BCUT2D eigenvalue weighted by atomic mass is 9.76. The zero-order chi connectivity index (χ0) is 9.43. The minimum absolute atomic E-state index is 0.384. The van der Waals surface area contributed by atoms with Crippen LogP contribution in [0.3, 0.4) is 0 Å². The summed E-state index contributed by atoms with van der Waals surface area (Å²) in [7, 11) is 0. The Hall–Kier alpha value is -1.02. The van der Waals surface area contributed by atoms with Crippen molar-refractivity contribution in [1.82, 2.24) is 5.32 Å². The molecule has 1 aromatic rings. The molecule has 14 heavy (non-hydrogen) atoms. The molecule has 2 nitrogen and oxygen atoms in total. The highest BCUT2D eigenvalue weighted by Gasteiger charge is 2.39. The van der Waals surface area contributed by atoms with E-state index in [0.717, 1.165) is 13.1 Å². The van der Waals surface area contributed by atoms with E-state index in [0.29, 0.717) is 5.41 Å². The zero-order valence-corrected chi connectivity index (χ0v) is 8.34. The molecule has 1 spiro atoms. The number of piperidine rings is 1. The van der Waals surface area contributed by atoms with Gasteiger partial charge in [-0.3, -0.25) is 0 Å². The largest absolute Gasteiger partial charge is 0.384 e. The lowest BCUT2D eigenvalue weighted by Crippen LogP contribution is -2.44. The lowest BCUT2D eigenvalue weighted by Gasteiger charge is -2.33. The van der Waals surface area contributed by atoms with Gasteiger partial charge in [-0.05, 0) is 31.0 Å². The third-order valence-electron chi connectivity index (χ3n) is 3.59. The maximum Gasteiger partial charge on any atom is 0.0379 e. The number of hydrogen-bond acceptors (Lipinski definition) is 2. The van der Waals surface area contributed by atoms with Gasteiger partial charge in [-0.1, -0.05) is 18.2 Å². The highest BCUT2D eigenvalue weighted by molar-refractivity contribution is 5.60. The molecule has 2 heterocycles. The summed E-state index contributed by atoms with van der Waals surface area (Å²) >= 11 is 0. The average Bonchev–Trinajstić information content (AvgIpc) is 2.60. The Labute approximate surface area is 84.7 Å². The molecule has 0 saturated carbocycles. The molecule has 0 amide bonds. The second-order valence-corrected chi connectivity index (χ2v) is 4.46. The summed E-state index contributed by atoms with van der Waals surface area (Å²) in [5.74, 6) is 0. The van der Waals surface area contributed by atoms with Gasteiger partial charge in [-0.15, -0.1) is 0 Å². The molecule has 0 bridgehead atoms. The van der Waals surface area contributed by atoms with Gasteiger partial charge in [0.15, 0.2) is 0 Å². The molecule has 1 atom stereocenters. The minimum atomic E-state index is 0.384. The van der Waals surface area contributed by atoms with Crippen LogP contribution in [-0.4, -0.2) is 19.6 Å². The van der Waals surface area contributed by atoms with Gasteiger partial charge < -0.3 is 10.6 Å². The maximum absolute atomic E-state index is 3.52. The zero-order valence-electron chi connectivity index (χ0n) is 8.34. The Morgan fingerprint density at radius 1 is 1.14 bits per heavy atom. The van der Waals surface area contributed by atoms with E-state index in [1.165, 1.54) is 30.6 Å². The SMILES string of the molecule is c1ccc2c(c1)NC[C@]21CCCNC1. The van der Waals surface area contributed by atoms with Gasteiger partial charge in [0.2, 0.25) is 0 Å². The van der Waals surface area contributed by atoms with E-state index in [-0.39, 0.29) is 0 Å². The summed E-state index contributed by atoms with van der Waals surface area (Å²) in [4.78, 5) is 0. The van der Waals surface area contributed by atoms with Crippen molar-refractivity contribution in [3.63, 3.8) is 0 Å². The molecule has 0 aliphatic carbocycles. The molecule has 2 heteroatoms. The number of hydrogen-bond donors (Lipinski definition) is 2.